The minimum Gasteiger partial charge on any atom is -0.337 e. The molecule has 0 fully saturated rings. The largest absolute Gasteiger partial charge is 0.337 e. The Bertz CT molecular complexity index is 1950. The number of anilines is 2. The Hall–Kier alpha value is -4.99. The highest BCUT2D eigenvalue weighted by Gasteiger charge is 2.41. The third kappa shape index (κ3) is 4.30. The number of aliphatic imine (C=N–C) groups is 2. The van der Waals surface area contributed by atoms with Gasteiger partial charge in [-0.3, -0.25) is 10.1 Å². The number of aromatic nitrogens is 2. The van der Waals surface area contributed by atoms with Crippen LogP contribution in [0.15, 0.2) is 107 Å². The average molecular weight is 594 g/mol. The second kappa shape index (κ2) is 10.1. The van der Waals surface area contributed by atoms with E-state index in [1.807, 2.05) is 73.7 Å². The molecule has 0 spiro atoms. The Kier molecular flexibility index (Phi) is 6.26. The molecule has 2 aliphatic rings. The molecule has 3 heterocycles. The van der Waals surface area contributed by atoms with Gasteiger partial charge in [-0.15, -0.1) is 0 Å². The van der Waals surface area contributed by atoms with Gasteiger partial charge in [-0.1, -0.05) is 65.7 Å². The van der Waals surface area contributed by atoms with E-state index in [4.69, 9.17) is 38.3 Å². The number of para-hydroxylation sites is 3. The van der Waals surface area contributed by atoms with E-state index in [-0.39, 0.29) is 10.6 Å². The van der Waals surface area contributed by atoms with Crippen molar-refractivity contribution in [2.75, 3.05) is 10.2 Å². The molecule has 1 atom stereocenters. The van der Waals surface area contributed by atoms with Gasteiger partial charge in [0.05, 0.1) is 43.8 Å². The second-order valence-corrected chi connectivity index (χ2v) is 10.6. The van der Waals surface area contributed by atoms with E-state index >= 15 is 0 Å². The highest BCUT2D eigenvalue weighted by Crippen LogP contribution is 2.48. The van der Waals surface area contributed by atoms with Gasteiger partial charge >= 0.3 is 0 Å². The van der Waals surface area contributed by atoms with Gasteiger partial charge in [0.15, 0.2) is 17.5 Å². The number of amidine groups is 2. The lowest BCUT2D eigenvalue weighted by atomic mass is 9.93. The molecule has 0 saturated heterocycles. The van der Waals surface area contributed by atoms with Crippen LogP contribution in [-0.4, -0.2) is 26.4 Å². The molecular weight excluding hydrogens is 573 g/mol. The first kappa shape index (κ1) is 25.9. The van der Waals surface area contributed by atoms with Crippen molar-refractivity contribution in [3.63, 3.8) is 0 Å². The molecule has 1 N–H and O–H groups in total. The number of halogens is 2. The Morgan fingerprint density at radius 2 is 1.67 bits per heavy atom. The van der Waals surface area contributed by atoms with Crippen molar-refractivity contribution < 1.29 is 4.92 Å². The quantitative estimate of drug-likeness (QED) is 0.167. The molecule has 0 amide bonds. The van der Waals surface area contributed by atoms with Crippen molar-refractivity contribution in [1.29, 1.82) is 0 Å². The fourth-order valence-corrected chi connectivity index (χ4v) is 5.68. The molecule has 2 aliphatic heterocycles. The molecule has 0 radical (unpaired) electrons. The van der Waals surface area contributed by atoms with E-state index in [0.717, 1.165) is 28.2 Å². The number of nitro benzene ring substituents is 1. The van der Waals surface area contributed by atoms with Gasteiger partial charge in [0.2, 0.25) is 0 Å². The number of aryl methyl sites for hydroxylation is 1. The summed E-state index contributed by atoms with van der Waals surface area (Å²) in [5.74, 6) is 1.62. The van der Waals surface area contributed by atoms with Gasteiger partial charge < -0.3 is 10.2 Å². The summed E-state index contributed by atoms with van der Waals surface area (Å²) in [6, 6.07) is 28.9. The number of nitrogens with zero attached hydrogens (tertiary/aromatic N) is 6. The van der Waals surface area contributed by atoms with Crippen LogP contribution in [0.25, 0.3) is 5.69 Å². The zero-order valence-electron chi connectivity index (χ0n) is 22.1. The number of hydrogen-bond acceptors (Lipinski definition) is 7. The molecule has 1 unspecified atom stereocenters. The maximum absolute atomic E-state index is 11.8. The van der Waals surface area contributed by atoms with E-state index in [1.54, 1.807) is 28.9 Å². The SMILES string of the molecule is Cc1nn(-c2ccccc2)c2c1C(c1cccc([N+](=O)[O-])c1)N1C(=N2)C(Nc2ccc(Cl)c(Cl)c2)=Nc2ccccc21. The standard InChI is InChI=1S/C31H21Cl2N7O2/c1-18-27-28(19-8-7-11-22(16-19)40(41)42)38-26-13-6-5-12-25(26)35-29(34-20-14-15-23(32)24(33)17-20)31(38)36-30(27)39(37-18)21-9-3-2-4-10-21/h2-17,28H,1H3,(H,34,35). The minimum absolute atomic E-state index is 0.000618. The summed E-state index contributed by atoms with van der Waals surface area (Å²) in [7, 11) is 0. The van der Waals surface area contributed by atoms with Gasteiger partial charge in [0.25, 0.3) is 5.69 Å². The van der Waals surface area contributed by atoms with Crippen molar-refractivity contribution in [3.8, 4) is 5.69 Å². The number of rotatable bonds is 4. The molecule has 4 aromatic carbocycles. The van der Waals surface area contributed by atoms with Gasteiger partial charge in [0, 0.05) is 23.4 Å². The fourth-order valence-electron chi connectivity index (χ4n) is 5.38. The Balaban J connectivity index is 1.50. The number of nitrogens with one attached hydrogen (secondary N) is 1. The molecule has 7 rings (SSSR count). The molecule has 1 aromatic heterocycles. The van der Waals surface area contributed by atoms with Crippen molar-refractivity contribution >= 4 is 63.4 Å². The highest BCUT2D eigenvalue weighted by molar-refractivity contribution is 6.52. The number of hydrogen-bond donors (Lipinski definition) is 1. The van der Waals surface area contributed by atoms with E-state index < -0.39 is 6.04 Å². The lowest BCUT2D eigenvalue weighted by molar-refractivity contribution is -0.384. The number of nitro groups is 1. The van der Waals surface area contributed by atoms with Crippen LogP contribution in [0.2, 0.25) is 10.0 Å². The highest BCUT2D eigenvalue weighted by atomic mass is 35.5. The van der Waals surface area contributed by atoms with Gasteiger partial charge in [-0.05, 0) is 55.0 Å². The zero-order chi connectivity index (χ0) is 29.0. The molecular formula is C31H21Cl2N7O2. The topological polar surface area (TPSA) is 101 Å². The average Bonchev–Trinajstić information content (AvgIpc) is 3.34. The molecule has 9 nitrogen and oxygen atoms in total. The van der Waals surface area contributed by atoms with Crippen LogP contribution in [0.5, 0.6) is 0 Å². The first-order chi connectivity index (χ1) is 20.4. The molecule has 42 heavy (non-hydrogen) atoms. The van der Waals surface area contributed by atoms with Gasteiger partial charge in [-0.25, -0.2) is 14.7 Å². The maximum atomic E-state index is 11.8. The zero-order valence-corrected chi connectivity index (χ0v) is 23.6. The lowest BCUT2D eigenvalue weighted by Gasteiger charge is -2.40. The molecule has 0 bridgehead atoms. The third-order valence-corrected chi connectivity index (χ3v) is 7.96. The molecule has 0 saturated carbocycles. The number of non-ortho nitro benzene ring substituents is 1. The summed E-state index contributed by atoms with van der Waals surface area (Å²) in [6.07, 6.45) is 0. The normalized spacial score (nSPS) is 15.2. The second-order valence-electron chi connectivity index (χ2n) is 9.83. The Morgan fingerprint density at radius 1 is 0.881 bits per heavy atom. The summed E-state index contributed by atoms with van der Waals surface area (Å²) in [6.45, 7) is 1.93. The predicted molar refractivity (Wildman–Crippen MR) is 166 cm³/mol. The smallest absolute Gasteiger partial charge is 0.269 e. The van der Waals surface area contributed by atoms with Crippen LogP contribution in [0.3, 0.4) is 0 Å². The first-order valence-electron chi connectivity index (χ1n) is 13.1. The third-order valence-electron chi connectivity index (χ3n) is 7.22. The number of fused-ring (bicyclic) bond motifs is 4. The van der Waals surface area contributed by atoms with E-state index in [2.05, 4.69) is 10.2 Å². The molecule has 0 aliphatic carbocycles. The van der Waals surface area contributed by atoms with Crippen molar-refractivity contribution in [1.82, 2.24) is 9.78 Å². The van der Waals surface area contributed by atoms with Crippen LogP contribution >= 0.6 is 23.2 Å². The lowest BCUT2D eigenvalue weighted by Crippen LogP contribution is -2.46. The summed E-state index contributed by atoms with van der Waals surface area (Å²) in [5.41, 5.74) is 5.36. The van der Waals surface area contributed by atoms with E-state index in [0.29, 0.717) is 38.9 Å². The Morgan fingerprint density at radius 3 is 2.45 bits per heavy atom. The van der Waals surface area contributed by atoms with Crippen molar-refractivity contribution in [2.24, 2.45) is 9.98 Å². The molecule has 206 valence electrons. The summed E-state index contributed by atoms with van der Waals surface area (Å²) >= 11 is 12.5. The van der Waals surface area contributed by atoms with Crippen molar-refractivity contribution in [2.45, 2.75) is 13.0 Å². The van der Waals surface area contributed by atoms with Gasteiger partial charge in [0.1, 0.15) is 0 Å². The van der Waals surface area contributed by atoms with Crippen LogP contribution in [0, 0.1) is 17.0 Å². The molecule has 11 heteroatoms. The number of benzene rings is 4. The predicted octanol–water partition coefficient (Wildman–Crippen LogP) is 8.19. The van der Waals surface area contributed by atoms with Crippen molar-refractivity contribution in [3.05, 3.63) is 134 Å². The summed E-state index contributed by atoms with van der Waals surface area (Å²) in [4.78, 5) is 23.6. The first-order valence-corrected chi connectivity index (χ1v) is 13.8. The summed E-state index contributed by atoms with van der Waals surface area (Å²) in [5, 5.41) is 20.9. The van der Waals surface area contributed by atoms with Gasteiger partial charge in [-0.2, -0.15) is 5.10 Å². The monoisotopic (exact) mass is 593 g/mol. The van der Waals surface area contributed by atoms with E-state index in [1.165, 1.54) is 6.07 Å². The summed E-state index contributed by atoms with van der Waals surface area (Å²) < 4.78 is 1.80. The Labute approximate surface area is 250 Å². The van der Waals surface area contributed by atoms with Crippen LogP contribution < -0.4 is 10.2 Å². The maximum Gasteiger partial charge on any atom is 0.269 e. The van der Waals surface area contributed by atoms with Crippen LogP contribution in [0.4, 0.5) is 28.6 Å². The molecule has 5 aromatic rings. The minimum atomic E-state index is -0.493. The van der Waals surface area contributed by atoms with Crippen LogP contribution in [0.1, 0.15) is 22.9 Å². The fraction of sp³-hybridized carbons (Fsp3) is 0.0645. The van der Waals surface area contributed by atoms with E-state index in [9.17, 15) is 10.1 Å². The van der Waals surface area contributed by atoms with Crippen LogP contribution in [-0.2, 0) is 0 Å².